The van der Waals surface area contributed by atoms with Gasteiger partial charge in [0.05, 0.1) is 29.2 Å². The van der Waals surface area contributed by atoms with Gasteiger partial charge in [0, 0.05) is 22.7 Å². The summed E-state index contributed by atoms with van der Waals surface area (Å²) < 4.78 is 4.63. The number of alkyl halides is 1. The normalized spacial score (nSPS) is 33.9. The Balaban J connectivity index is 2.11. The molecule has 3 rings (SSSR count). The highest BCUT2D eigenvalue weighted by molar-refractivity contribution is 9.09. The molecule has 3 heterocycles. The average Bonchev–Trinajstić information content (AvgIpc) is 3.34. The second-order valence-electron chi connectivity index (χ2n) is 8.95. The van der Waals surface area contributed by atoms with Crippen molar-refractivity contribution in [2.75, 3.05) is 19.8 Å². The van der Waals surface area contributed by atoms with Crippen LogP contribution < -0.4 is 0 Å². The Morgan fingerprint density at radius 1 is 1.41 bits per heavy atom. The maximum Gasteiger partial charge on any atom is 0.311 e. The van der Waals surface area contributed by atoms with Crippen molar-refractivity contribution in [2.45, 2.75) is 66.6 Å². The van der Waals surface area contributed by atoms with Gasteiger partial charge in [-0.1, -0.05) is 41.6 Å². The monoisotopic (exact) mass is 528 g/mol. The van der Waals surface area contributed by atoms with Gasteiger partial charge in [-0.2, -0.15) is 0 Å². The summed E-state index contributed by atoms with van der Waals surface area (Å²) in [4.78, 5) is 44.2. The number of aliphatic hydroxyl groups is 1. The summed E-state index contributed by atoms with van der Waals surface area (Å²) in [7, 11) is 0. The van der Waals surface area contributed by atoms with Gasteiger partial charge in [-0.3, -0.25) is 14.4 Å². The fourth-order valence-corrected chi connectivity index (χ4v) is 9.09. The number of halogens is 1. The SMILES string of the molecule is C=CCOC(=O)[C@H]1[C@H]2C(=O)N([C@@H](CC)CO)C(C(=O)N(CC=C)C(C)C)C23CC(Br)[C@@H]1S3. The van der Waals surface area contributed by atoms with Crippen molar-refractivity contribution in [1.82, 2.24) is 9.80 Å². The van der Waals surface area contributed by atoms with Crippen molar-refractivity contribution in [2.24, 2.45) is 11.8 Å². The van der Waals surface area contributed by atoms with Crippen LogP contribution in [0.3, 0.4) is 0 Å². The van der Waals surface area contributed by atoms with Gasteiger partial charge in [-0.15, -0.1) is 18.3 Å². The van der Waals surface area contributed by atoms with Gasteiger partial charge < -0.3 is 19.6 Å². The van der Waals surface area contributed by atoms with Gasteiger partial charge >= 0.3 is 5.97 Å². The van der Waals surface area contributed by atoms with E-state index in [1.807, 2.05) is 20.8 Å². The standard InChI is InChI=1S/C23H33BrN2O5S/c1-6-9-25(13(4)5)21(29)19-23-11-15(24)18(32-23)16(22(30)31-10-7-2)17(23)20(28)26(19)14(8-3)12-27/h6-7,13-19,27H,1-2,8-12H2,3-5H3/t14-,15?,16-,17-,18-,19?,23?/m0/s1. The van der Waals surface area contributed by atoms with Gasteiger partial charge in [-0.25, -0.2) is 0 Å². The van der Waals surface area contributed by atoms with Crippen LogP contribution in [0.25, 0.3) is 0 Å². The maximum absolute atomic E-state index is 14.0. The predicted molar refractivity (Wildman–Crippen MR) is 128 cm³/mol. The van der Waals surface area contributed by atoms with E-state index < -0.39 is 34.6 Å². The number of fused-ring (bicyclic) bond motifs is 1. The Kier molecular flexibility index (Phi) is 7.82. The summed E-state index contributed by atoms with van der Waals surface area (Å²) in [5, 5.41) is 9.92. The lowest BCUT2D eigenvalue weighted by molar-refractivity contribution is -0.153. The third kappa shape index (κ3) is 3.84. The molecular formula is C23H33BrN2O5S. The van der Waals surface area contributed by atoms with Crippen molar-refractivity contribution in [3.05, 3.63) is 25.3 Å². The van der Waals surface area contributed by atoms with E-state index in [1.54, 1.807) is 27.6 Å². The van der Waals surface area contributed by atoms with E-state index in [9.17, 15) is 19.5 Å². The number of ether oxygens (including phenoxy) is 1. The molecule has 0 aliphatic carbocycles. The number of hydrogen-bond donors (Lipinski definition) is 1. The van der Waals surface area contributed by atoms with E-state index in [0.717, 1.165) is 0 Å². The molecule has 3 aliphatic heterocycles. The van der Waals surface area contributed by atoms with E-state index >= 15 is 0 Å². The molecule has 1 N–H and O–H groups in total. The van der Waals surface area contributed by atoms with E-state index in [4.69, 9.17) is 4.74 Å². The number of thioether (sulfide) groups is 1. The van der Waals surface area contributed by atoms with Crippen LogP contribution in [0, 0.1) is 11.8 Å². The minimum absolute atomic E-state index is 0.0193. The predicted octanol–water partition coefficient (Wildman–Crippen LogP) is 2.37. The first-order valence-electron chi connectivity index (χ1n) is 11.1. The molecule has 0 radical (unpaired) electrons. The molecule has 3 fully saturated rings. The van der Waals surface area contributed by atoms with Crippen LogP contribution in [-0.4, -0.2) is 85.4 Å². The summed E-state index contributed by atoms with van der Waals surface area (Å²) in [6.07, 6.45) is 4.29. The molecular weight excluding hydrogens is 496 g/mol. The molecule has 0 aromatic heterocycles. The fourth-order valence-electron chi connectivity index (χ4n) is 5.51. The molecule has 7 nitrogen and oxygen atoms in total. The van der Waals surface area contributed by atoms with Gasteiger partial charge in [0.2, 0.25) is 11.8 Å². The van der Waals surface area contributed by atoms with Crippen LogP contribution >= 0.6 is 27.7 Å². The van der Waals surface area contributed by atoms with Gasteiger partial charge in [-0.05, 0) is 26.7 Å². The Hall–Kier alpha value is -1.32. The summed E-state index contributed by atoms with van der Waals surface area (Å²) in [6.45, 7) is 13.3. The van der Waals surface area contributed by atoms with Crippen LogP contribution in [0.15, 0.2) is 25.3 Å². The van der Waals surface area contributed by atoms with Crippen molar-refractivity contribution in [3.8, 4) is 0 Å². The Morgan fingerprint density at radius 3 is 2.62 bits per heavy atom. The first kappa shape index (κ1) is 25.3. The highest BCUT2D eigenvalue weighted by Crippen LogP contribution is 2.68. The lowest BCUT2D eigenvalue weighted by Crippen LogP contribution is -2.58. The molecule has 2 amide bonds. The molecule has 32 heavy (non-hydrogen) atoms. The molecule has 0 aromatic rings. The maximum atomic E-state index is 14.0. The van der Waals surface area contributed by atoms with Crippen molar-refractivity contribution in [1.29, 1.82) is 0 Å². The molecule has 0 saturated carbocycles. The van der Waals surface area contributed by atoms with Gasteiger partial charge in [0.1, 0.15) is 12.6 Å². The van der Waals surface area contributed by atoms with Crippen LogP contribution in [-0.2, 0) is 19.1 Å². The molecule has 3 saturated heterocycles. The van der Waals surface area contributed by atoms with Crippen LogP contribution in [0.1, 0.15) is 33.6 Å². The summed E-state index contributed by atoms with van der Waals surface area (Å²) in [5.74, 6) is -2.12. The van der Waals surface area contributed by atoms with Crippen LogP contribution in [0.5, 0.6) is 0 Å². The number of esters is 1. The number of hydrogen-bond acceptors (Lipinski definition) is 6. The molecule has 2 bridgehead atoms. The highest BCUT2D eigenvalue weighted by atomic mass is 79.9. The molecule has 3 unspecified atom stereocenters. The third-order valence-electron chi connectivity index (χ3n) is 6.88. The number of carbonyl (C=O) groups excluding carboxylic acids is 3. The quantitative estimate of drug-likeness (QED) is 0.266. The molecule has 0 aromatic carbocycles. The second kappa shape index (κ2) is 9.89. The van der Waals surface area contributed by atoms with E-state index in [0.29, 0.717) is 19.4 Å². The van der Waals surface area contributed by atoms with Crippen molar-refractivity contribution in [3.63, 3.8) is 0 Å². The second-order valence-corrected chi connectivity index (χ2v) is 11.7. The zero-order valence-corrected chi connectivity index (χ0v) is 21.3. The lowest BCUT2D eigenvalue weighted by Gasteiger charge is -2.40. The minimum Gasteiger partial charge on any atom is -0.461 e. The van der Waals surface area contributed by atoms with E-state index in [-0.39, 0.29) is 41.1 Å². The van der Waals surface area contributed by atoms with Crippen molar-refractivity contribution < 1.29 is 24.2 Å². The van der Waals surface area contributed by atoms with Crippen LogP contribution in [0.4, 0.5) is 0 Å². The van der Waals surface area contributed by atoms with Gasteiger partial charge in [0.15, 0.2) is 0 Å². The average molecular weight is 529 g/mol. The molecule has 1 spiro atoms. The third-order valence-corrected chi connectivity index (χ3v) is 10.1. The molecule has 7 atom stereocenters. The number of carbonyl (C=O) groups is 3. The van der Waals surface area contributed by atoms with E-state index in [2.05, 4.69) is 29.1 Å². The first-order valence-corrected chi connectivity index (χ1v) is 12.9. The largest absolute Gasteiger partial charge is 0.461 e. The minimum atomic E-state index is -0.758. The Morgan fingerprint density at radius 2 is 2.09 bits per heavy atom. The zero-order valence-electron chi connectivity index (χ0n) is 18.9. The molecule has 3 aliphatic rings. The summed E-state index contributed by atoms with van der Waals surface area (Å²) in [6, 6.07) is -1.34. The van der Waals surface area contributed by atoms with Crippen LogP contribution in [0.2, 0.25) is 0 Å². The summed E-state index contributed by atoms with van der Waals surface area (Å²) in [5.41, 5.74) is 0. The first-order chi connectivity index (χ1) is 15.2. The van der Waals surface area contributed by atoms with E-state index in [1.165, 1.54) is 6.08 Å². The topological polar surface area (TPSA) is 87.1 Å². The fraction of sp³-hybridized carbons (Fsp3) is 0.696. The smallest absolute Gasteiger partial charge is 0.311 e. The molecule has 9 heteroatoms. The number of aliphatic hydroxyl groups excluding tert-OH is 1. The summed E-state index contributed by atoms with van der Waals surface area (Å²) >= 11 is 5.28. The van der Waals surface area contributed by atoms with Gasteiger partial charge in [0.25, 0.3) is 0 Å². The number of likely N-dealkylation sites (tertiary alicyclic amines) is 1. The number of nitrogens with zero attached hydrogens (tertiary/aromatic N) is 2. The lowest BCUT2D eigenvalue weighted by atomic mass is 9.71. The Labute approximate surface area is 202 Å². The Bertz CT molecular complexity index is 788. The number of amides is 2. The zero-order chi connectivity index (χ0) is 23.8. The van der Waals surface area contributed by atoms with Crippen molar-refractivity contribution >= 4 is 45.5 Å². The highest BCUT2D eigenvalue weighted by Gasteiger charge is 2.76. The number of rotatable bonds is 10. The molecule has 178 valence electrons.